The van der Waals surface area contributed by atoms with Crippen LogP contribution in [-0.4, -0.2) is 39.2 Å². The number of likely N-dealkylation sites (tertiary alicyclic amines) is 1. The van der Waals surface area contributed by atoms with Crippen molar-refractivity contribution in [1.82, 2.24) is 4.90 Å². The van der Waals surface area contributed by atoms with E-state index in [-0.39, 0.29) is 27.3 Å². The van der Waals surface area contributed by atoms with Gasteiger partial charge in [-0.05, 0) is 0 Å². The van der Waals surface area contributed by atoms with Crippen molar-refractivity contribution in [3.63, 3.8) is 0 Å². The fourth-order valence-electron chi connectivity index (χ4n) is 1.40. The van der Waals surface area contributed by atoms with Gasteiger partial charge in [-0.3, -0.25) is 0 Å². The Morgan fingerprint density at radius 1 is 1.50 bits per heavy atom. The predicted octanol–water partition coefficient (Wildman–Crippen LogP) is -1.25. The molecule has 0 spiro atoms. The second kappa shape index (κ2) is 6.17. The van der Waals surface area contributed by atoms with E-state index in [0.29, 0.717) is 6.54 Å². The van der Waals surface area contributed by atoms with Crippen molar-refractivity contribution >= 4 is 0 Å². The minimum absolute atomic E-state index is 0.195. The zero-order valence-electron chi connectivity index (χ0n) is 8.55. The van der Waals surface area contributed by atoms with Crippen LogP contribution < -0.4 is 21.2 Å². The number of hydrogen-bond acceptors (Lipinski definition) is 2. The fourth-order valence-corrected chi connectivity index (χ4v) is 3.36. The summed E-state index contributed by atoms with van der Waals surface area (Å²) in [5.74, 6) is 0. The molecule has 1 fully saturated rings. The van der Waals surface area contributed by atoms with Crippen molar-refractivity contribution in [3.05, 3.63) is 0 Å². The van der Waals surface area contributed by atoms with E-state index in [2.05, 4.69) is 23.5 Å². The van der Waals surface area contributed by atoms with Crippen LogP contribution in [0.15, 0.2) is 0 Å². The average Bonchev–Trinajstić information content (AvgIpc) is 2.47. The molecule has 1 atom stereocenters. The van der Waals surface area contributed by atoms with Gasteiger partial charge in [0.1, 0.15) is 0 Å². The molecule has 0 N–H and O–H groups in total. The maximum absolute atomic E-state index is 11.9. The number of hydrogen-bond donors (Lipinski definition) is 0. The summed E-state index contributed by atoms with van der Waals surface area (Å²) < 4.78 is 30.2. The van der Waals surface area contributed by atoms with Crippen LogP contribution in [0.4, 0.5) is 8.78 Å². The SMILES string of the molecule is CC(C)[I-]CN1CC[C@H](OC(F)F)C1. The molecule has 2 nitrogen and oxygen atoms in total. The van der Waals surface area contributed by atoms with Crippen molar-refractivity contribution < 1.29 is 34.7 Å². The van der Waals surface area contributed by atoms with Gasteiger partial charge >= 0.3 is 94.2 Å². The molecular formula is C9H17F2INO-. The molecule has 1 saturated heterocycles. The molecule has 0 amide bonds. The first-order valence-electron chi connectivity index (χ1n) is 4.81. The van der Waals surface area contributed by atoms with Crippen LogP contribution in [0.1, 0.15) is 20.3 Å². The van der Waals surface area contributed by atoms with E-state index >= 15 is 0 Å². The van der Waals surface area contributed by atoms with Gasteiger partial charge in [-0.15, -0.1) is 0 Å². The van der Waals surface area contributed by atoms with E-state index in [9.17, 15) is 8.78 Å². The van der Waals surface area contributed by atoms with E-state index in [4.69, 9.17) is 0 Å². The summed E-state index contributed by atoms with van der Waals surface area (Å²) in [6.45, 7) is 3.44. The fraction of sp³-hybridized carbons (Fsp3) is 1.00. The molecule has 5 heteroatoms. The van der Waals surface area contributed by atoms with Crippen molar-refractivity contribution in [2.45, 2.75) is 36.9 Å². The zero-order chi connectivity index (χ0) is 10.6. The molecular weight excluding hydrogens is 303 g/mol. The molecule has 0 unspecified atom stereocenters. The van der Waals surface area contributed by atoms with Crippen LogP contribution in [0.2, 0.25) is 0 Å². The molecule has 0 aromatic heterocycles. The molecule has 1 aliphatic rings. The first-order chi connectivity index (χ1) is 6.58. The van der Waals surface area contributed by atoms with Gasteiger partial charge in [-0.2, -0.15) is 0 Å². The Morgan fingerprint density at radius 3 is 2.79 bits per heavy atom. The number of rotatable bonds is 5. The average molecular weight is 320 g/mol. The van der Waals surface area contributed by atoms with Gasteiger partial charge in [0.15, 0.2) is 0 Å². The molecule has 0 bridgehead atoms. The Labute approximate surface area is 94.2 Å². The van der Waals surface area contributed by atoms with Crippen LogP contribution >= 0.6 is 0 Å². The third-order valence-corrected chi connectivity index (χ3v) is 5.19. The molecule has 14 heavy (non-hydrogen) atoms. The summed E-state index contributed by atoms with van der Waals surface area (Å²) in [6, 6.07) is 0. The molecule has 0 radical (unpaired) electrons. The van der Waals surface area contributed by atoms with Gasteiger partial charge in [0, 0.05) is 0 Å². The summed E-state index contributed by atoms with van der Waals surface area (Å²) in [7, 11) is 0. The maximum atomic E-state index is 11.9. The van der Waals surface area contributed by atoms with Crippen LogP contribution in [0.3, 0.4) is 0 Å². The Hall–Kier alpha value is 0.510. The molecule has 1 heterocycles. The van der Waals surface area contributed by atoms with Crippen molar-refractivity contribution in [1.29, 1.82) is 0 Å². The first kappa shape index (κ1) is 12.6. The summed E-state index contributed by atoms with van der Waals surface area (Å²) in [4.78, 5) is 2.25. The predicted molar refractivity (Wildman–Crippen MR) is 47.1 cm³/mol. The van der Waals surface area contributed by atoms with Gasteiger partial charge in [-0.25, -0.2) is 0 Å². The second-order valence-corrected chi connectivity index (χ2v) is 7.73. The molecule has 0 aliphatic carbocycles. The second-order valence-electron chi connectivity index (χ2n) is 3.67. The van der Waals surface area contributed by atoms with E-state index in [1.165, 1.54) is 0 Å². The summed E-state index contributed by atoms with van der Waals surface area (Å²) in [5, 5.41) is 0. The van der Waals surface area contributed by atoms with E-state index in [1.807, 2.05) is 0 Å². The van der Waals surface area contributed by atoms with Gasteiger partial charge in [0.05, 0.1) is 0 Å². The monoisotopic (exact) mass is 320 g/mol. The van der Waals surface area contributed by atoms with Crippen LogP contribution in [0, 0.1) is 0 Å². The van der Waals surface area contributed by atoms with Crippen LogP contribution in [0.5, 0.6) is 0 Å². The van der Waals surface area contributed by atoms with Crippen molar-refractivity contribution in [2.75, 3.05) is 17.6 Å². The Balaban J connectivity index is 2.14. The molecule has 1 aliphatic heterocycles. The summed E-state index contributed by atoms with van der Waals surface area (Å²) in [6.07, 6.45) is 0.512. The number of halogens is 3. The quantitative estimate of drug-likeness (QED) is 0.357. The number of ether oxygens (including phenoxy) is 1. The Bertz CT molecular complexity index is 169. The Kier molecular flexibility index (Phi) is 5.54. The standard InChI is InChI=1S/C9H17F2INO/c1-7(2)12-6-13-4-3-8(5-13)14-9(10)11/h7-9H,3-6H2,1-2H3/q-1/t8-/m0/s1. The third-order valence-electron chi connectivity index (χ3n) is 2.07. The molecule has 86 valence electrons. The first-order valence-corrected chi connectivity index (χ1v) is 7.58. The molecule has 1 rings (SSSR count). The van der Waals surface area contributed by atoms with E-state index in [1.54, 1.807) is 0 Å². The molecule has 0 aromatic carbocycles. The summed E-state index contributed by atoms with van der Waals surface area (Å²) in [5.41, 5.74) is 0. The Morgan fingerprint density at radius 2 is 2.21 bits per heavy atom. The number of nitrogens with zero attached hydrogens (tertiary/aromatic N) is 1. The minimum atomic E-state index is -2.61. The topological polar surface area (TPSA) is 12.5 Å². The van der Waals surface area contributed by atoms with Crippen molar-refractivity contribution in [3.8, 4) is 0 Å². The summed E-state index contributed by atoms with van der Waals surface area (Å²) >= 11 is 0.195. The molecule has 0 aromatic rings. The van der Waals surface area contributed by atoms with Gasteiger partial charge in [-0.1, -0.05) is 0 Å². The van der Waals surface area contributed by atoms with Crippen LogP contribution in [-0.2, 0) is 4.74 Å². The van der Waals surface area contributed by atoms with Crippen LogP contribution in [0.25, 0.3) is 0 Å². The van der Waals surface area contributed by atoms with E-state index < -0.39 is 6.61 Å². The number of alkyl halides is 4. The van der Waals surface area contributed by atoms with Crippen molar-refractivity contribution in [2.24, 2.45) is 0 Å². The van der Waals surface area contributed by atoms with Gasteiger partial charge in [0.2, 0.25) is 0 Å². The third kappa shape index (κ3) is 4.84. The zero-order valence-corrected chi connectivity index (χ0v) is 10.7. The molecule has 0 saturated carbocycles. The van der Waals surface area contributed by atoms with Gasteiger partial charge < -0.3 is 0 Å². The van der Waals surface area contributed by atoms with E-state index in [0.717, 1.165) is 21.4 Å². The van der Waals surface area contributed by atoms with Gasteiger partial charge in [0.25, 0.3) is 0 Å². The normalized spacial score (nSPS) is 24.3.